The molecule has 1 fully saturated rings. The molecule has 214 valence electrons. The van der Waals surface area contributed by atoms with E-state index in [1.54, 1.807) is 0 Å². The van der Waals surface area contributed by atoms with Crippen LogP contribution in [0.3, 0.4) is 0 Å². The number of aliphatic hydroxyl groups excluding tert-OH is 1. The number of nitrogens with zero attached hydrogens (tertiary/aromatic N) is 5. The van der Waals surface area contributed by atoms with E-state index < -0.39 is 57.2 Å². The number of halogens is 3. The molecule has 0 unspecified atom stereocenters. The summed E-state index contributed by atoms with van der Waals surface area (Å²) in [5.74, 6) is 0. The van der Waals surface area contributed by atoms with Crippen molar-refractivity contribution in [1.82, 2.24) is 9.80 Å². The molecule has 1 saturated heterocycles. The van der Waals surface area contributed by atoms with Crippen LogP contribution in [0.4, 0.5) is 28.4 Å². The predicted molar refractivity (Wildman–Crippen MR) is 139 cm³/mol. The molecule has 1 N–H and O–H groups in total. The number of anilines is 1. The van der Waals surface area contributed by atoms with Gasteiger partial charge in [0.1, 0.15) is 6.04 Å². The zero-order valence-corrected chi connectivity index (χ0v) is 22.7. The van der Waals surface area contributed by atoms with Crippen molar-refractivity contribution in [2.45, 2.75) is 42.9 Å². The largest absolute Gasteiger partial charge is 0.416 e. The standard InChI is InChI=1S/C27H24F3N5O5S/c1-16-22(14-32)24(21-9-8-17(13-31)11-23(21)41(2,39)40)35(25(37)33-10-4-7-20(33)15-36)26(38)34(16)19-6-3-5-18(12-19)27(28,29)30/h3,5-6,8-9,11-12,20,24,36H,4,7,10,15H2,1-2H3/t20-,24-/m1/s1. The van der Waals surface area contributed by atoms with E-state index in [1.165, 1.54) is 30.0 Å². The quantitative estimate of drug-likeness (QED) is 0.560. The highest BCUT2D eigenvalue weighted by molar-refractivity contribution is 7.90. The number of nitriles is 2. The summed E-state index contributed by atoms with van der Waals surface area (Å²) < 4.78 is 66.2. The lowest BCUT2D eigenvalue weighted by Crippen LogP contribution is -2.57. The van der Waals surface area contributed by atoms with Crippen molar-refractivity contribution in [3.05, 3.63) is 70.4 Å². The third kappa shape index (κ3) is 5.36. The van der Waals surface area contributed by atoms with Gasteiger partial charge in [0.05, 0.1) is 52.1 Å². The SMILES string of the molecule is CC1=C(C#N)[C@@H](c2ccc(C#N)cc2S(C)(=O)=O)N(C(=O)N2CCC[C@@H]2CO)C(=O)N1c1cccc(C(F)(F)F)c1. The van der Waals surface area contributed by atoms with E-state index in [0.29, 0.717) is 23.8 Å². The molecule has 0 radical (unpaired) electrons. The van der Waals surface area contributed by atoms with Crippen molar-refractivity contribution in [2.75, 3.05) is 24.3 Å². The molecule has 2 aliphatic rings. The fourth-order valence-corrected chi connectivity index (χ4v) is 6.08. The smallest absolute Gasteiger partial charge is 0.394 e. The van der Waals surface area contributed by atoms with E-state index in [0.717, 1.165) is 29.4 Å². The number of amides is 4. The lowest BCUT2D eigenvalue weighted by atomic mass is 9.93. The van der Waals surface area contributed by atoms with E-state index >= 15 is 0 Å². The van der Waals surface area contributed by atoms with Crippen LogP contribution in [-0.4, -0.2) is 60.8 Å². The second-order valence-electron chi connectivity index (χ2n) is 9.64. The monoisotopic (exact) mass is 587 g/mol. The molecule has 0 saturated carbocycles. The van der Waals surface area contributed by atoms with Crippen LogP contribution in [0.25, 0.3) is 0 Å². The molecule has 0 bridgehead atoms. The fraction of sp³-hybridized carbons (Fsp3) is 0.333. The number of alkyl halides is 3. The molecule has 2 atom stereocenters. The van der Waals surface area contributed by atoms with Crippen LogP contribution in [-0.2, 0) is 16.0 Å². The van der Waals surface area contributed by atoms with Gasteiger partial charge < -0.3 is 10.0 Å². The molecule has 4 amide bonds. The molecule has 4 rings (SSSR count). The van der Waals surface area contributed by atoms with Gasteiger partial charge in [0.2, 0.25) is 0 Å². The Labute approximate surface area is 234 Å². The van der Waals surface area contributed by atoms with Crippen molar-refractivity contribution < 1.29 is 36.3 Å². The van der Waals surface area contributed by atoms with Crippen LogP contribution in [0.2, 0.25) is 0 Å². The van der Waals surface area contributed by atoms with Crippen LogP contribution in [0.1, 0.15) is 42.5 Å². The minimum Gasteiger partial charge on any atom is -0.394 e. The first kappa shape index (κ1) is 29.6. The summed E-state index contributed by atoms with van der Waals surface area (Å²) in [6, 6.07) is 6.75. The molecule has 10 nitrogen and oxygen atoms in total. The third-order valence-electron chi connectivity index (χ3n) is 7.08. The van der Waals surface area contributed by atoms with Crippen LogP contribution in [0, 0.1) is 22.7 Å². The molecule has 0 spiro atoms. The topological polar surface area (TPSA) is 146 Å². The molecule has 41 heavy (non-hydrogen) atoms. The van der Waals surface area contributed by atoms with Crippen molar-refractivity contribution in [3.8, 4) is 12.1 Å². The first-order chi connectivity index (χ1) is 19.2. The highest BCUT2D eigenvalue weighted by Gasteiger charge is 2.48. The molecule has 0 aromatic heterocycles. The lowest BCUT2D eigenvalue weighted by Gasteiger charge is -2.43. The fourth-order valence-electron chi connectivity index (χ4n) is 5.13. The summed E-state index contributed by atoms with van der Waals surface area (Å²) in [6.45, 7) is 1.02. The Hall–Kier alpha value is -4.40. The maximum Gasteiger partial charge on any atom is 0.416 e. The average molecular weight is 588 g/mol. The van der Waals surface area contributed by atoms with E-state index in [2.05, 4.69) is 0 Å². The van der Waals surface area contributed by atoms with Gasteiger partial charge in [-0.1, -0.05) is 12.1 Å². The minimum absolute atomic E-state index is 0.0288. The number of likely N-dealkylation sites (tertiary alicyclic amines) is 1. The zero-order valence-electron chi connectivity index (χ0n) is 21.9. The number of imide groups is 1. The van der Waals surface area contributed by atoms with Gasteiger partial charge in [0.15, 0.2) is 9.84 Å². The highest BCUT2D eigenvalue weighted by atomic mass is 32.2. The Morgan fingerprint density at radius 2 is 1.85 bits per heavy atom. The summed E-state index contributed by atoms with van der Waals surface area (Å²) >= 11 is 0. The van der Waals surface area contributed by atoms with Gasteiger partial charge in [-0.05, 0) is 55.7 Å². The minimum atomic E-state index is -4.75. The third-order valence-corrected chi connectivity index (χ3v) is 8.24. The van der Waals surface area contributed by atoms with Gasteiger partial charge in [-0.3, -0.25) is 4.90 Å². The summed E-state index contributed by atoms with van der Waals surface area (Å²) in [5.41, 5.74) is -1.90. The maximum absolute atomic E-state index is 14.1. The number of allylic oxidation sites excluding steroid dienone is 1. The Morgan fingerprint density at radius 3 is 2.44 bits per heavy atom. The van der Waals surface area contributed by atoms with E-state index in [9.17, 15) is 46.8 Å². The number of carbonyl (C=O) groups is 2. The Kier molecular flexibility index (Phi) is 7.85. The number of carbonyl (C=O) groups excluding carboxylic acids is 2. The number of urea groups is 2. The van der Waals surface area contributed by atoms with Crippen molar-refractivity contribution in [2.24, 2.45) is 0 Å². The molecule has 2 aliphatic heterocycles. The molecule has 2 aromatic rings. The summed E-state index contributed by atoms with van der Waals surface area (Å²) in [7, 11) is -4.08. The summed E-state index contributed by atoms with van der Waals surface area (Å²) in [5, 5.41) is 29.4. The van der Waals surface area contributed by atoms with Gasteiger partial charge in [-0.25, -0.2) is 22.9 Å². The summed E-state index contributed by atoms with van der Waals surface area (Å²) in [6.07, 6.45) is -2.98. The normalized spacial score (nSPS) is 19.8. The second-order valence-corrected chi connectivity index (χ2v) is 11.6. The lowest BCUT2D eigenvalue weighted by molar-refractivity contribution is -0.137. The first-order valence-corrected chi connectivity index (χ1v) is 14.2. The summed E-state index contributed by atoms with van der Waals surface area (Å²) in [4.78, 5) is 30.4. The van der Waals surface area contributed by atoms with Gasteiger partial charge in [0.25, 0.3) is 0 Å². The van der Waals surface area contributed by atoms with Crippen LogP contribution >= 0.6 is 0 Å². The molecule has 14 heteroatoms. The van der Waals surface area contributed by atoms with Gasteiger partial charge >= 0.3 is 18.2 Å². The zero-order chi connectivity index (χ0) is 30.3. The van der Waals surface area contributed by atoms with Gasteiger partial charge in [0, 0.05) is 18.5 Å². The Bertz CT molecular complexity index is 1640. The average Bonchev–Trinajstić information content (AvgIpc) is 3.40. The van der Waals surface area contributed by atoms with Crippen molar-refractivity contribution in [1.29, 1.82) is 10.5 Å². The molecule has 2 aromatic carbocycles. The van der Waals surface area contributed by atoms with E-state index in [4.69, 9.17) is 0 Å². The first-order valence-electron chi connectivity index (χ1n) is 12.3. The number of aliphatic hydroxyl groups is 1. The Morgan fingerprint density at radius 1 is 1.15 bits per heavy atom. The number of hydrogen-bond acceptors (Lipinski definition) is 7. The van der Waals surface area contributed by atoms with Crippen LogP contribution in [0.15, 0.2) is 58.6 Å². The second kappa shape index (κ2) is 10.9. The predicted octanol–water partition coefficient (Wildman–Crippen LogP) is 4.34. The van der Waals surface area contributed by atoms with E-state index in [1.807, 2.05) is 12.1 Å². The number of rotatable bonds is 4. The number of benzene rings is 2. The van der Waals surface area contributed by atoms with Gasteiger partial charge in [-0.2, -0.15) is 23.7 Å². The number of sulfone groups is 1. The van der Waals surface area contributed by atoms with Crippen molar-refractivity contribution in [3.63, 3.8) is 0 Å². The van der Waals surface area contributed by atoms with Crippen molar-refractivity contribution >= 4 is 27.6 Å². The molecule has 2 heterocycles. The van der Waals surface area contributed by atoms with Crippen LogP contribution < -0.4 is 4.90 Å². The van der Waals surface area contributed by atoms with Gasteiger partial charge in [-0.15, -0.1) is 0 Å². The Balaban J connectivity index is 2.02. The number of hydrogen-bond donors (Lipinski definition) is 1. The van der Waals surface area contributed by atoms with E-state index in [-0.39, 0.29) is 34.6 Å². The molecular weight excluding hydrogens is 563 g/mol. The molecule has 0 aliphatic carbocycles. The van der Waals surface area contributed by atoms with Crippen LogP contribution in [0.5, 0.6) is 0 Å². The molecular formula is C27H24F3N5O5S. The maximum atomic E-state index is 14.1. The highest BCUT2D eigenvalue weighted by Crippen LogP contribution is 2.43.